The predicted molar refractivity (Wildman–Crippen MR) is 66.7 cm³/mol. The summed E-state index contributed by atoms with van der Waals surface area (Å²) in [5.41, 5.74) is 1.91. The van der Waals surface area contributed by atoms with Crippen molar-refractivity contribution in [3.63, 3.8) is 0 Å². The molecule has 0 spiro atoms. The van der Waals surface area contributed by atoms with E-state index in [0.717, 1.165) is 28.1 Å². The number of para-hydroxylation sites is 1. The molecule has 0 fully saturated rings. The van der Waals surface area contributed by atoms with Gasteiger partial charge in [-0.2, -0.15) is 0 Å². The van der Waals surface area contributed by atoms with Crippen molar-refractivity contribution in [3.05, 3.63) is 48.4 Å². The van der Waals surface area contributed by atoms with Crippen LogP contribution in [-0.4, -0.2) is 7.05 Å². The first-order chi connectivity index (χ1) is 8.38. The second-order valence-corrected chi connectivity index (χ2v) is 3.94. The highest BCUT2D eigenvalue weighted by molar-refractivity contribution is 5.83. The second-order valence-electron chi connectivity index (χ2n) is 3.94. The van der Waals surface area contributed by atoms with E-state index in [1.54, 1.807) is 6.26 Å². The van der Waals surface area contributed by atoms with E-state index < -0.39 is 0 Å². The molecule has 2 heterocycles. The Kier molecular flexibility index (Phi) is 2.46. The molecule has 3 aromatic rings. The van der Waals surface area contributed by atoms with Crippen molar-refractivity contribution in [1.29, 1.82) is 0 Å². The third-order valence-corrected chi connectivity index (χ3v) is 2.77. The fraction of sp³-hybridized carbons (Fsp3) is 0.143. The fourth-order valence-electron chi connectivity index (χ4n) is 1.97. The van der Waals surface area contributed by atoms with Crippen LogP contribution in [0.1, 0.15) is 5.76 Å². The summed E-state index contributed by atoms with van der Waals surface area (Å²) in [6.45, 7) is 0.694. The van der Waals surface area contributed by atoms with Crippen LogP contribution in [0.5, 0.6) is 0 Å². The first-order valence-electron chi connectivity index (χ1n) is 5.58. The van der Waals surface area contributed by atoms with Gasteiger partial charge in [0.25, 0.3) is 0 Å². The van der Waals surface area contributed by atoms with Crippen LogP contribution in [-0.2, 0) is 6.54 Å². The lowest BCUT2D eigenvalue weighted by atomic mass is 10.2. The lowest BCUT2D eigenvalue weighted by Crippen LogP contribution is -2.04. The topological polar surface area (TPSA) is 38.3 Å². The van der Waals surface area contributed by atoms with Gasteiger partial charge in [-0.3, -0.25) is 0 Å². The summed E-state index contributed by atoms with van der Waals surface area (Å²) in [5, 5.41) is 4.19. The van der Waals surface area contributed by atoms with Crippen molar-refractivity contribution >= 4 is 11.0 Å². The molecule has 0 aliphatic heterocycles. The highest BCUT2D eigenvalue weighted by Crippen LogP contribution is 2.30. The van der Waals surface area contributed by atoms with Gasteiger partial charge in [0, 0.05) is 5.39 Å². The number of fused-ring (bicyclic) bond motifs is 1. The monoisotopic (exact) mass is 227 g/mol. The van der Waals surface area contributed by atoms with Crippen LogP contribution in [0.3, 0.4) is 0 Å². The van der Waals surface area contributed by atoms with E-state index in [9.17, 15) is 0 Å². The molecule has 0 bridgehead atoms. The van der Waals surface area contributed by atoms with Gasteiger partial charge in [-0.25, -0.2) is 0 Å². The van der Waals surface area contributed by atoms with Gasteiger partial charge in [-0.1, -0.05) is 18.2 Å². The summed E-state index contributed by atoms with van der Waals surface area (Å²) in [6.07, 6.45) is 1.69. The molecule has 86 valence electrons. The quantitative estimate of drug-likeness (QED) is 0.745. The number of nitrogens with one attached hydrogen (secondary N) is 1. The first-order valence-corrected chi connectivity index (χ1v) is 5.58. The molecule has 17 heavy (non-hydrogen) atoms. The Morgan fingerprint density at radius 3 is 2.88 bits per heavy atom. The van der Waals surface area contributed by atoms with Crippen molar-refractivity contribution in [1.82, 2.24) is 5.32 Å². The maximum Gasteiger partial charge on any atom is 0.138 e. The van der Waals surface area contributed by atoms with Gasteiger partial charge >= 0.3 is 0 Å². The van der Waals surface area contributed by atoms with E-state index >= 15 is 0 Å². The van der Waals surface area contributed by atoms with Gasteiger partial charge in [0.1, 0.15) is 17.1 Å². The summed E-state index contributed by atoms with van der Waals surface area (Å²) >= 11 is 0. The Bertz CT molecular complexity index is 603. The average Bonchev–Trinajstić information content (AvgIpc) is 2.94. The Morgan fingerprint density at radius 2 is 2.06 bits per heavy atom. The third-order valence-electron chi connectivity index (χ3n) is 2.77. The fourth-order valence-corrected chi connectivity index (χ4v) is 1.97. The molecule has 0 radical (unpaired) electrons. The van der Waals surface area contributed by atoms with Crippen molar-refractivity contribution in [2.75, 3.05) is 7.05 Å². The van der Waals surface area contributed by atoms with E-state index in [-0.39, 0.29) is 0 Å². The van der Waals surface area contributed by atoms with Gasteiger partial charge < -0.3 is 14.2 Å². The molecule has 3 rings (SSSR count). The summed E-state index contributed by atoms with van der Waals surface area (Å²) in [5.74, 6) is 1.75. The molecule has 1 N–H and O–H groups in total. The lowest BCUT2D eigenvalue weighted by Gasteiger charge is -1.97. The van der Waals surface area contributed by atoms with Crippen LogP contribution in [0.4, 0.5) is 0 Å². The summed E-state index contributed by atoms with van der Waals surface area (Å²) < 4.78 is 11.2. The smallest absolute Gasteiger partial charge is 0.138 e. The van der Waals surface area contributed by atoms with Crippen LogP contribution in [0.2, 0.25) is 0 Å². The number of rotatable bonds is 3. The molecule has 0 aliphatic rings. The minimum Gasteiger partial charge on any atom is -0.467 e. The zero-order valence-corrected chi connectivity index (χ0v) is 9.57. The Hall–Kier alpha value is -2.00. The van der Waals surface area contributed by atoms with Gasteiger partial charge in [0.15, 0.2) is 0 Å². The normalized spacial score (nSPS) is 11.1. The van der Waals surface area contributed by atoms with Gasteiger partial charge in [0.2, 0.25) is 0 Å². The highest BCUT2D eigenvalue weighted by Gasteiger charge is 2.12. The van der Waals surface area contributed by atoms with Crippen LogP contribution < -0.4 is 5.32 Å². The molecule has 0 unspecified atom stereocenters. The maximum absolute atomic E-state index is 5.81. The molecule has 0 saturated heterocycles. The SMILES string of the molecule is CNCc1occc1-c1cc2ccccc2o1. The summed E-state index contributed by atoms with van der Waals surface area (Å²) in [7, 11) is 1.89. The van der Waals surface area contributed by atoms with Crippen molar-refractivity contribution in [2.24, 2.45) is 0 Å². The van der Waals surface area contributed by atoms with E-state index in [1.807, 2.05) is 43.4 Å². The minimum atomic E-state index is 0.694. The summed E-state index contributed by atoms with van der Waals surface area (Å²) in [6, 6.07) is 12.0. The maximum atomic E-state index is 5.81. The van der Waals surface area contributed by atoms with Crippen LogP contribution in [0, 0.1) is 0 Å². The van der Waals surface area contributed by atoms with Gasteiger partial charge in [-0.15, -0.1) is 0 Å². The molecule has 1 aromatic carbocycles. The number of furan rings is 2. The molecule has 0 aliphatic carbocycles. The van der Waals surface area contributed by atoms with Gasteiger partial charge in [0.05, 0.1) is 18.4 Å². The molecule has 3 heteroatoms. The first kappa shape index (κ1) is 10.2. The summed E-state index contributed by atoms with van der Waals surface area (Å²) in [4.78, 5) is 0. The van der Waals surface area contributed by atoms with E-state index in [4.69, 9.17) is 8.83 Å². The van der Waals surface area contributed by atoms with Crippen LogP contribution in [0.15, 0.2) is 51.5 Å². The average molecular weight is 227 g/mol. The molecule has 0 saturated carbocycles. The Balaban J connectivity index is 2.10. The van der Waals surface area contributed by atoms with E-state index in [1.165, 1.54) is 0 Å². The molecule has 0 atom stereocenters. The largest absolute Gasteiger partial charge is 0.467 e. The Labute approximate surface area is 99.0 Å². The van der Waals surface area contributed by atoms with Crippen molar-refractivity contribution in [2.45, 2.75) is 6.54 Å². The van der Waals surface area contributed by atoms with E-state index in [0.29, 0.717) is 6.54 Å². The molecule has 3 nitrogen and oxygen atoms in total. The number of hydrogen-bond donors (Lipinski definition) is 1. The van der Waals surface area contributed by atoms with Crippen LogP contribution in [0.25, 0.3) is 22.3 Å². The van der Waals surface area contributed by atoms with Gasteiger partial charge in [-0.05, 0) is 25.2 Å². The highest BCUT2D eigenvalue weighted by atomic mass is 16.3. The predicted octanol–water partition coefficient (Wildman–Crippen LogP) is 3.41. The van der Waals surface area contributed by atoms with Crippen molar-refractivity contribution in [3.8, 4) is 11.3 Å². The zero-order chi connectivity index (χ0) is 11.7. The zero-order valence-electron chi connectivity index (χ0n) is 9.57. The standard InChI is InChI=1S/C14H13NO2/c1-15-9-14-11(6-7-16-14)13-8-10-4-2-3-5-12(10)17-13/h2-8,15H,9H2,1H3. The number of benzene rings is 1. The Morgan fingerprint density at radius 1 is 1.18 bits per heavy atom. The van der Waals surface area contributed by atoms with Crippen LogP contribution >= 0.6 is 0 Å². The third kappa shape index (κ3) is 1.74. The van der Waals surface area contributed by atoms with E-state index in [2.05, 4.69) is 5.32 Å². The molecular formula is C14H13NO2. The lowest BCUT2D eigenvalue weighted by molar-refractivity contribution is 0.494. The number of hydrogen-bond acceptors (Lipinski definition) is 3. The minimum absolute atomic E-state index is 0.694. The molecule has 0 amide bonds. The molecular weight excluding hydrogens is 214 g/mol. The molecule has 2 aromatic heterocycles. The second kappa shape index (κ2) is 4.11. The van der Waals surface area contributed by atoms with Crippen molar-refractivity contribution < 1.29 is 8.83 Å².